The normalized spacial score (nSPS) is 15.5. The molecule has 2 N–H and O–H groups in total. The molecule has 2 atom stereocenters. The van der Waals surface area contributed by atoms with E-state index in [2.05, 4.69) is 79.6 Å². The van der Waals surface area contributed by atoms with Crippen molar-refractivity contribution < 1.29 is 14.3 Å². The number of rotatable bonds is 7. The molecule has 2 heterocycles. The van der Waals surface area contributed by atoms with Gasteiger partial charge in [-0.25, -0.2) is 9.78 Å². The highest BCUT2D eigenvalue weighted by Gasteiger charge is 2.30. The van der Waals surface area contributed by atoms with E-state index in [-0.39, 0.29) is 5.91 Å². The number of nitrogens with one attached hydrogen (secondary N) is 2. The van der Waals surface area contributed by atoms with Gasteiger partial charge in [0.15, 0.2) is 5.16 Å². The first-order valence-electron chi connectivity index (χ1n) is 13.2. The number of aromatic nitrogens is 2. The molecule has 2 aromatic heterocycles. The second-order valence-electron chi connectivity index (χ2n) is 10.3. The maximum Gasteiger partial charge on any atom is 0.341 e. The van der Waals surface area contributed by atoms with E-state index in [0.29, 0.717) is 21.6 Å². The van der Waals surface area contributed by atoms with Crippen molar-refractivity contribution in [2.45, 2.75) is 57.4 Å². The zero-order valence-corrected chi connectivity index (χ0v) is 24.5. The third-order valence-corrected chi connectivity index (χ3v) is 9.30. The number of thioether (sulfide) groups is 1. The largest absolute Gasteiger partial charge is 0.465 e. The maximum absolute atomic E-state index is 13.3. The van der Waals surface area contributed by atoms with E-state index >= 15 is 0 Å². The SMILES string of the molecule is COC(=O)c1c(NC(=O)C(C)Sc2nc(-c3ccc(C)cc3)c(-c3ccc(C)cc3)[nH]2)sc2c1CCC(C)C2. The lowest BCUT2D eigenvalue weighted by Crippen LogP contribution is -2.23. The van der Waals surface area contributed by atoms with Gasteiger partial charge in [-0.05, 0) is 51.5 Å². The average Bonchev–Trinajstić information content (AvgIpc) is 3.49. The number of aromatic amines is 1. The number of imidazole rings is 1. The van der Waals surface area contributed by atoms with Gasteiger partial charge in [-0.2, -0.15) is 0 Å². The zero-order chi connectivity index (χ0) is 27.7. The summed E-state index contributed by atoms with van der Waals surface area (Å²) in [4.78, 5) is 35.5. The Morgan fingerprint density at radius 1 is 1.08 bits per heavy atom. The van der Waals surface area contributed by atoms with Crippen molar-refractivity contribution in [2.24, 2.45) is 5.92 Å². The predicted octanol–water partition coefficient (Wildman–Crippen LogP) is 7.45. The van der Waals surface area contributed by atoms with Crippen LogP contribution in [0.1, 0.15) is 52.2 Å². The summed E-state index contributed by atoms with van der Waals surface area (Å²) in [5.74, 6) is -0.0137. The number of aryl methyl sites for hydroxylation is 2. The molecule has 0 aliphatic heterocycles. The van der Waals surface area contributed by atoms with Crippen molar-refractivity contribution in [3.63, 3.8) is 0 Å². The lowest BCUT2D eigenvalue weighted by atomic mass is 9.88. The molecule has 4 aromatic rings. The Balaban J connectivity index is 1.40. The van der Waals surface area contributed by atoms with E-state index in [4.69, 9.17) is 9.72 Å². The van der Waals surface area contributed by atoms with Crippen LogP contribution in [0.5, 0.6) is 0 Å². The molecule has 2 aromatic carbocycles. The van der Waals surface area contributed by atoms with Crippen molar-refractivity contribution in [3.8, 4) is 22.5 Å². The van der Waals surface area contributed by atoms with Gasteiger partial charge in [-0.3, -0.25) is 4.79 Å². The van der Waals surface area contributed by atoms with Gasteiger partial charge in [-0.1, -0.05) is 78.3 Å². The first-order chi connectivity index (χ1) is 18.7. The number of nitrogens with zero attached hydrogens (tertiary/aromatic N) is 1. The van der Waals surface area contributed by atoms with Crippen LogP contribution in [0.3, 0.4) is 0 Å². The minimum absolute atomic E-state index is 0.179. The first-order valence-corrected chi connectivity index (χ1v) is 14.9. The lowest BCUT2D eigenvalue weighted by Gasteiger charge is -2.18. The number of thiophene rings is 1. The molecule has 0 saturated heterocycles. The van der Waals surface area contributed by atoms with E-state index < -0.39 is 11.2 Å². The number of fused-ring (bicyclic) bond motifs is 1. The van der Waals surface area contributed by atoms with Crippen LogP contribution in [0.4, 0.5) is 5.00 Å². The molecule has 202 valence electrons. The van der Waals surface area contributed by atoms with Gasteiger partial charge in [-0.15, -0.1) is 11.3 Å². The smallest absolute Gasteiger partial charge is 0.341 e. The standard InChI is InChI=1S/C31H33N3O3S2/c1-17-6-11-21(12-7-17)26-27(22-13-8-18(2)9-14-22)33-31(32-26)38-20(4)28(35)34-29-25(30(36)37-5)23-15-10-19(3)16-24(23)39-29/h6-9,11-14,19-20H,10,15-16H2,1-5H3,(H,32,33)(H,34,35). The van der Waals surface area contributed by atoms with Gasteiger partial charge in [0.25, 0.3) is 0 Å². The monoisotopic (exact) mass is 559 g/mol. The highest BCUT2D eigenvalue weighted by molar-refractivity contribution is 8.00. The summed E-state index contributed by atoms with van der Waals surface area (Å²) in [6, 6.07) is 16.6. The summed E-state index contributed by atoms with van der Waals surface area (Å²) in [6.45, 7) is 8.20. The third kappa shape index (κ3) is 5.82. The van der Waals surface area contributed by atoms with Crippen LogP contribution in [0.25, 0.3) is 22.5 Å². The number of H-pyrrole nitrogens is 1. The lowest BCUT2D eigenvalue weighted by molar-refractivity contribution is -0.115. The van der Waals surface area contributed by atoms with Gasteiger partial charge in [0.05, 0.1) is 29.3 Å². The first kappa shape index (κ1) is 27.2. The highest BCUT2D eigenvalue weighted by atomic mass is 32.2. The van der Waals surface area contributed by atoms with Gasteiger partial charge in [0, 0.05) is 16.0 Å². The average molecular weight is 560 g/mol. The van der Waals surface area contributed by atoms with Crippen LogP contribution in [0, 0.1) is 19.8 Å². The molecule has 0 fully saturated rings. The summed E-state index contributed by atoms with van der Waals surface area (Å²) < 4.78 is 5.08. The minimum Gasteiger partial charge on any atom is -0.465 e. The van der Waals surface area contributed by atoms with Crippen molar-refractivity contribution in [1.82, 2.24) is 9.97 Å². The summed E-state index contributed by atoms with van der Waals surface area (Å²) >= 11 is 2.87. The number of esters is 1. The van der Waals surface area contributed by atoms with Gasteiger partial charge in [0.1, 0.15) is 5.00 Å². The molecular formula is C31H33N3O3S2. The number of ether oxygens (including phenoxy) is 1. The fraction of sp³-hybridized carbons (Fsp3) is 0.323. The van der Waals surface area contributed by atoms with Crippen molar-refractivity contribution in [1.29, 1.82) is 0 Å². The molecule has 1 amide bonds. The summed E-state index contributed by atoms with van der Waals surface area (Å²) in [5.41, 5.74) is 7.72. The molecule has 6 nitrogen and oxygen atoms in total. The molecule has 1 aliphatic carbocycles. The predicted molar refractivity (Wildman–Crippen MR) is 160 cm³/mol. The van der Waals surface area contributed by atoms with Crippen LogP contribution < -0.4 is 5.32 Å². The number of methoxy groups -OCH3 is 1. The topological polar surface area (TPSA) is 84.1 Å². The number of anilines is 1. The van der Waals surface area contributed by atoms with Crippen LogP contribution in [-0.2, 0) is 22.4 Å². The Labute approximate surface area is 237 Å². The Hall–Kier alpha value is -3.36. The van der Waals surface area contributed by atoms with E-state index in [0.717, 1.165) is 47.3 Å². The summed E-state index contributed by atoms with van der Waals surface area (Å²) in [6.07, 6.45) is 2.77. The molecular weight excluding hydrogens is 526 g/mol. The summed E-state index contributed by atoms with van der Waals surface area (Å²) in [5, 5.41) is 3.83. The van der Waals surface area contributed by atoms with E-state index in [1.807, 2.05) is 6.92 Å². The minimum atomic E-state index is -0.448. The number of benzene rings is 2. The molecule has 1 aliphatic rings. The number of hydrogen-bond acceptors (Lipinski definition) is 6. The van der Waals surface area contributed by atoms with E-state index in [1.54, 1.807) is 0 Å². The van der Waals surface area contributed by atoms with Gasteiger partial charge >= 0.3 is 5.97 Å². The number of carbonyl (C=O) groups excluding carboxylic acids is 2. The Morgan fingerprint density at radius 2 is 1.72 bits per heavy atom. The van der Waals surface area contributed by atoms with E-state index in [9.17, 15) is 9.59 Å². The van der Waals surface area contributed by atoms with Crippen molar-refractivity contribution in [2.75, 3.05) is 12.4 Å². The quantitative estimate of drug-likeness (QED) is 0.181. The van der Waals surface area contributed by atoms with Crippen molar-refractivity contribution >= 4 is 40.0 Å². The van der Waals surface area contributed by atoms with Crippen LogP contribution >= 0.6 is 23.1 Å². The Bertz CT molecular complexity index is 1440. The fourth-order valence-electron chi connectivity index (χ4n) is 4.85. The van der Waals surface area contributed by atoms with Gasteiger partial charge in [0.2, 0.25) is 5.91 Å². The van der Waals surface area contributed by atoms with Crippen LogP contribution in [0.2, 0.25) is 0 Å². The summed E-state index contributed by atoms with van der Waals surface area (Å²) in [7, 11) is 1.39. The zero-order valence-electron chi connectivity index (χ0n) is 22.9. The molecule has 8 heteroatoms. The van der Waals surface area contributed by atoms with Gasteiger partial charge < -0.3 is 15.0 Å². The number of hydrogen-bond donors (Lipinski definition) is 2. The highest BCUT2D eigenvalue weighted by Crippen LogP contribution is 2.41. The number of amides is 1. The second kappa shape index (κ2) is 11.4. The molecule has 0 bridgehead atoms. The second-order valence-corrected chi connectivity index (χ2v) is 12.7. The molecule has 0 saturated carbocycles. The maximum atomic E-state index is 13.3. The number of carbonyl (C=O) groups is 2. The van der Waals surface area contributed by atoms with E-state index in [1.165, 1.54) is 46.2 Å². The van der Waals surface area contributed by atoms with Crippen LogP contribution in [-0.4, -0.2) is 34.2 Å². The molecule has 39 heavy (non-hydrogen) atoms. The Morgan fingerprint density at radius 3 is 2.36 bits per heavy atom. The third-order valence-electron chi connectivity index (χ3n) is 7.14. The Kier molecular flexibility index (Phi) is 7.96. The molecule has 0 radical (unpaired) electrons. The fourth-order valence-corrected chi connectivity index (χ4v) is 7.06. The molecule has 0 spiro atoms. The molecule has 5 rings (SSSR count). The van der Waals surface area contributed by atoms with Crippen molar-refractivity contribution in [3.05, 3.63) is 75.7 Å². The molecule has 2 unspecified atom stereocenters. The van der Waals surface area contributed by atoms with Crippen LogP contribution in [0.15, 0.2) is 53.7 Å².